The Morgan fingerprint density at radius 1 is 1.47 bits per heavy atom. The Morgan fingerprint density at radius 2 is 2.27 bits per heavy atom. The molecule has 0 atom stereocenters. The zero-order valence-corrected chi connectivity index (χ0v) is 9.39. The average molecular weight is 226 g/mol. The molecule has 0 radical (unpaired) electrons. The maximum Gasteiger partial charge on any atom is 0.240 e. The summed E-state index contributed by atoms with van der Waals surface area (Å²) in [5, 5.41) is 3.20. The molecule has 0 bridgehead atoms. The molecule has 0 saturated carbocycles. The van der Waals surface area contributed by atoms with Crippen LogP contribution in [0.15, 0.2) is 23.1 Å². The van der Waals surface area contributed by atoms with Crippen molar-refractivity contribution >= 4 is 15.7 Å². The van der Waals surface area contributed by atoms with Crippen LogP contribution >= 0.6 is 0 Å². The first-order valence-corrected chi connectivity index (χ1v) is 6.48. The van der Waals surface area contributed by atoms with Crippen LogP contribution in [0, 0.1) is 0 Å². The van der Waals surface area contributed by atoms with E-state index in [1.54, 1.807) is 19.1 Å². The summed E-state index contributed by atoms with van der Waals surface area (Å²) in [5.41, 5.74) is 2.12. The predicted octanol–water partition coefficient (Wildman–Crippen LogP) is 0.953. The Bertz CT molecular complexity index is 468. The molecule has 0 aliphatic carbocycles. The molecule has 2 rings (SSSR count). The third-order valence-electron chi connectivity index (χ3n) is 2.43. The summed E-state index contributed by atoms with van der Waals surface area (Å²) in [7, 11) is -3.31. The number of fused-ring (bicyclic) bond motifs is 1. The minimum atomic E-state index is -3.31. The van der Waals surface area contributed by atoms with Crippen LogP contribution in [-0.4, -0.2) is 21.5 Å². The van der Waals surface area contributed by atoms with Gasteiger partial charge < -0.3 is 5.32 Å². The van der Waals surface area contributed by atoms with Crippen LogP contribution in [0.4, 0.5) is 5.69 Å². The van der Waals surface area contributed by atoms with E-state index in [0.29, 0.717) is 11.4 Å². The molecule has 4 nitrogen and oxygen atoms in total. The van der Waals surface area contributed by atoms with E-state index in [-0.39, 0.29) is 0 Å². The standard InChI is InChI=1S/C10H14N2O2S/c1-2-12-15(13,14)9-3-4-10-8(7-9)5-6-11-10/h3-4,7,11-12H,2,5-6H2,1H3. The molecule has 15 heavy (non-hydrogen) atoms. The van der Waals surface area contributed by atoms with Crippen LogP contribution in [0.25, 0.3) is 0 Å². The fourth-order valence-electron chi connectivity index (χ4n) is 1.72. The van der Waals surface area contributed by atoms with Crippen molar-refractivity contribution in [3.8, 4) is 0 Å². The number of hydrogen-bond acceptors (Lipinski definition) is 3. The van der Waals surface area contributed by atoms with E-state index >= 15 is 0 Å². The Hall–Kier alpha value is -1.07. The van der Waals surface area contributed by atoms with Crippen molar-refractivity contribution in [3.63, 3.8) is 0 Å². The monoisotopic (exact) mass is 226 g/mol. The first-order chi connectivity index (χ1) is 7.13. The molecule has 1 aliphatic rings. The van der Waals surface area contributed by atoms with Gasteiger partial charge in [-0.2, -0.15) is 0 Å². The lowest BCUT2D eigenvalue weighted by molar-refractivity contribution is 0.584. The van der Waals surface area contributed by atoms with Crippen molar-refractivity contribution in [1.82, 2.24) is 4.72 Å². The van der Waals surface area contributed by atoms with E-state index in [4.69, 9.17) is 0 Å². The number of nitrogens with one attached hydrogen (secondary N) is 2. The van der Waals surface area contributed by atoms with Gasteiger partial charge in [0.25, 0.3) is 0 Å². The zero-order chi connectivity index (χ0) is 10.9. The quantitative estimate of drug-likeness (QED) is 0.807. The van der Waals surface area contributed by atoms with Crippen LogP contribution in [0.3, 0.4) is 0 Å². The summed E-state index contributed by atoms with van der Waals surface area (Å²) in [4.78, 5) is 0.354. The molecule has 0 saturated heterocycles. The van der Waals surface area contributed by atoms with E-state index in [1.165, 1.54) is 0 Å². The van der Waals surface area contributed by atoms with Crippen molar-refractivity contribution in [2.75, 3.05) is 18.4 Å². The first-order valence-electron chi connectivity index (χ1n) is 5.00. The highest BCUT2D eigenvalue weighted by Crippen LogP contribution is 2.24. The maximum absolute atomic E-state index is 11.7. The van der Waals surface area contributed by atoms with Gasteiger partial charge in [0.05, 0.1) is 4.90 Å². The van der Waals surface area contributed by atoms with Gasteiger partial charge in [-0.1, -0.05) is 6.92 Å². The van der Waals surface area contributed by atoms with Crippen molar-refractivity contribution in [3.05, 3.63) is 23.8 Å². The third-order valence-corrected chi connectivity index (χ3v) is 3.97. The number of hydrogen-bond donors (Lipinski definition) is 2. The Morgan fingerprint density at radius 3 is 3.00 bits per heavy atom. The predicted molar refractivity (Wildman–Crippen MR) is 59.5 cm³/mol. The minimum Gasteiger partial charge on any atom is -0.384 e. The molecule has 0 spiro atoms. The van der Waals surface area contributed by atoms with Crippen molar-refractivity contribution in [1.29, 1.82) is 0 Å². The smallest absolute Gasteiger partial charge is 0.240 e. The third kappa shape index (κ3) is 1.98. The van der Waals surface area contributed by atoms with Gasteiger partial charge in [-0.3, -0.25) is 0 Å². The van der Waals surface area contributed by atoms with Crippen LogP contribution in [0.5, 0.6) is 0 Å². The second-order valence-corrected chi connectivity index (χ2v) is 5.26. The Kier molecular flexibility index (Phi) is 2.67. The van der Waals surface area contributed by atoms with Gasteiger partial charge in [0.1, 0.15) is 0 Å². The lowest BCUT2D eigenvalue weighted by Gasteiger charge is -2.06. The van der Waals surface area contributed by atoms with E-state index in [2.05, 4.69) is 10.0 Å². The summed E-state index contributed by atoms with van der Waals surface area (Å²) in [5.74, 6) is 0. The lowest BCUT2D eigenvalue weighted by atomic mass is 10.2. The fraction of sp³-hybridized carbons (Fsp3) is 0.400. The lowest BCUT2D eigenvalue weighted by Crippen LogP contribution is -2.23. The summed E-state index contributed by atoms with van der Waals surface area (Å²) >= 11 is 0. The SMILES string of the molecule is CCNS(=O)(=O)c1ccc2c(c1)CCN2. The highest BCUT2D eigenvalue weighted by molar-refractivity contribution is 7.89. The molecule has 82 valence electrons. The number of anilines is 1. The summed E-state index contributed by atoms with van der Waals surface area (Å²) in [6, 6.07) is 5.20. The molecule has 1 aromatic rings. The molecule has 1 heterocycles. The Balaban J connectivity index is 2.38. The second kappa shape index (κ2) is 3.83. The van der Waals surface area contributed by atoms with Crippen LogP contribution in [0.2, 0.25) is 0 Å². The largest absolute Gasteiger partial charge is 0.384 e. The molecule has 1 aromatic carbocycles. The van der Waals surface area contributed by atoms with Gasteiger partial charge in [-0.15, -0.1) is 0 Å². The maximum atomic E-state index is 11.7. The second-order valence-electron chi connectivity index (χ2n) is 3.50. The zero-order valence-electron chi connectivity index (χ0n) is 8.58. The number of benzene rings is 1. The molecule has 5 heteroatoms. The molecular formula is C10H14N2O2S. The van der Waals surface area contributed by atoms with Gasteiger partial charge in [0, 0.05) is 18.8 Å². The summed E-state index contributed by atoms with van der Waals surface area (Å²) < 4.78 is 25.9. The van der Waals surface area contributed by atoms with Crippen molar-refractivity contribution in [2.45, 2.75) is 18.2 Å². The van der Waals surface area contributed by atoms with Crippen molar-refractivity contribution < 1.29 is 8.42 Å². The number of rotatable bonds is 3. The first kappa shape index (κ1) is 10.4. The molecule has 0 amide bonds. The minimum absolute atomic E-state index is 0.354. The topological polar surface area (TPSA) is 58.2 Å². The van der Waals surface area contributed by atoms with E-state index < -0.39 is 10.0 Å². The highest BCUT2D eigenvalue weighted by Gasteiger charge is 2.16. The normalized spacial score (nSPS) is 14.7. The van der Waals surface area contributed by atoms with Gasteiger partial charge in [-0.25, -0.2) is 13.1 Å². The van der Waals surface area contributed by atoms with Gasteiger partial charge in [-0.05, 0) is 30.2 Å². The molecule has 2 N–H and O–H groups in total. The summed E-state index contributed by atoms with van der Waals surface area (Å²) in [6.45, 7) is 3.07. The molecule has 0 unspecified atom stereocenters. The molecule has 0 aromatic heterocycles. The van der Waals surface area contributed by atoms with Crippen LogP contribution in [0.1, 0.15) is 12.5 Å². The van der Waals surface area contributed by atoms with E-state index in [0.717, 1.165) is 24.2 Å². The van der Waals surface area contributed by atoms with Gasteiger partial charge >= 0.3 is 0 Å². The Labute approximate surface area is 89.7 Å². The highest BCUT2D eigenvalue weighted by atomic mass is 32.2. The average Bonchev–Trinajstić information content (AvgIpc) is 2.63. The van der Waals surface area contributed by atoms with E-state index in [9.17, 15) is 8.42 Å². The fourth-order valence-corrected chi connectivity index (χ4v) is 2.81. The number of sulfonamides is 1. The molecule has 0 fully saturated rings. The van der Waals surface area contributed by atoms with Crippen molar-refractivity contribution in [2.24, 2.45) is 0 Å². The molecular weight excluding hydrogens is 212 g/mol. The van der Waals surface area contributed by atoms with E-state index in [1.807, 2.05) is 6.07 Å². The molecule has 1 aliphatic heterocycles. The van der Waals surface area contributed by atoms with Crippen LogP contribution in [-0.2, 0) is 16.4 Å². The van der Waals surface area contributed by atoms with Gasteiger partial charge in [0.15, 0.2) is 0 Å². The van der Waals surface area contributed by atoms with Gasteiger partial charge in [0.2, 0.25) is 10.0 Å². The summed E-state index contributed by atoms with van der Waals surface area (Å²) in [6.07, 6.45) is 0.894. The van der Waals surface area contributed by atoms with Crippen LogP contribution < -0.4 is 10.0 Å².